The number of allylic oxidation sites excluding steroid dienone is 1. The van der Waals surface area contributed by atoms with Crippen LogP contribution in [0.2, 0.25) is 5.02 Å². The van der Waals surface area contributed by atoms with Gasteiger partial charge in [0.2, 0.25) is 0 Å². The van der Waals surface area contributed by atoms with Crippen LogP contribution in [0.1, 0.15) is 40.7 Å². The van der Waals surface area contributed by atoms with Gasteiger partial charge in [-0.3, -0.25) is 14.5 Å². The van der Waals surface area contributed by atoms with Crippen LogP contribution in [0.15, 0.2) is 46.2 Å². The number of benzene rings is 1. The minimum absolute atomic E-state index is 0.0481. The third kappa shape index (κ3) is 4.93. The van der Waals surface area contributed by atoms with Crippen LogP contribution in [0.25, 0.3) is 0 Å². The van der Waals surface area contributed by atoms with Crippen molar-refractivity contribution in [3.63, 3.8) is 0 Å². The molecule has 0 saturated heterocycles. The predicted octanol–water partition coefficient (Wildman–Crippen LogP) is 4.07. The Morgan fingerprint density at radius 3 is 2.87 bits per heavy atom. The summed E-state index contributed by atoms with van der Waals surface area (Å²) in [4.78, 5) is 33.1. The van der Waals surface area contributed by atoms with Crippen LogP contribution in [-0.2, 0) is 33.7 Å². The molecule has 0 fully saturated rings. The van der Waals surface area contributed by atoms with Crippen molar-refractivity contribution < 1.29 is 28.2 Å². The van der Waals surface area contributed by atoms with E-state index in [1.54, 1.807) is 16.3 Å². The minimum Gasteiger partial charge on any atom is -0.481 e. The number of aliphatic carboxylic acids is 1. The number of ether oxygens (including phenoxy) is 1. The highest BCUT2D eigenvalue weighted by Crippen LogP contribution is 2.41. The van der Waals surface area contributed by atoms with Gasteiger partial charge < -0.3 is 15.2 Å². The number of carboxylic acid groups (broad SMARTS) is 1. The fraction of sp³-hybridized carbons (Fsp3) is 0.320. The molecule has 9 nitrogen and oxygen atoms in total. The van der Waals surface area contributed by atoms with Gasteiger partial charge in [0.15, 0.2) is 22.5 Å². The maximum absolute atomic E-state index is 14.5. The van der Waals surface area contributed by atoms with Crippen molar-refractivity contribution >= 4 is 40.7 Å². The molecule has 0 spiro atoms. The van der Waals surface area contributed by atoms with Crippen molar-refractivity contribution in [2.75, 3.05) is 7.11 Å². The van der Waals surface area contributed by atoms with E-state index in [2.05, 4.69) is 20.4 Å². The van der Waals surface area contributed by atoms with E-state index >= 15 is 0 Å². The molecule has 0 amide bonds. The maximum Gasteiger partial charge on any atom is 0.338 e. The number of rotatable bonds is 7. The monoisotopic (exact) mass is 561 g/mol. The highest BCUT2D eigenvalue weighted by Gasteiger charge is 2.38. The van der Waals surface area contributed by atoms with Crippen molar-refractivity contribution in [3.8, 4) is 0 Å². The van der Waals surface area contributed by atoms with Crippen LogP contribution in [0.5, 0.6) is 0 Å². The zero-order chi connectivity index (χ0) is 27.0. The molecule has 1 aliphatic heterocycles. The summed E-state index contributed by atoms with van der Waals surface area (Å²) in [6.07, 6.45) is 5.11. The summed E-state index contributed by atoms with van der Waals surface area (Å²) in [5.74, 6) is -3.76. The lowest BCUT2D eigenvalue weighted by Crippen LogP contribution is -2.38. The molecule has 13 heteroatoms. The van der Waals surface area contributed by atoms with Crippen molar-refractivity contribution in [2.24, 2.45) is 10.9 Å². The predicted molar refractivity (Wildman–Crippen MR) is 135 cm³/mol. The number of nitrogens with zero attached hydrogens (tertiary/aromatic N) is 4. The Bertz CT molecular complexity index is 1470. The average Bonchev–Trinajstić information content (AvgIpc) is 3.59. The molecule has 2 N–H and O–H groups in total. The Kier molecular flexibility index (Phi) is 7.26. The molecule has 0 saturated carbocycles. The fourth-order valence-electron chi connectivity index (χ4n) is 4.78. The number of halogens is 3. The van der Waals surface area contributed by atoms with Gasteiger partial charge in [-0.05, 0) is 30.9 Å². The van der Waals surface area contributed by atoms with Gasteiger partial charge in [-0.2, -0.15) is 5.10 Å². The first-order valence-corrected chi connectivity index (χ1v) is 13.0. The van der Waals surface area contributed by atoms with Crippen molar-refractivity contribution in [1.82, 2.24) is 20.1 Å². The summed E-state index contributed by atoms with van der Waals surface area (Å²) in [6.45, 7) is 0.249. The zero-order valence-electron chi connectivity index (χ0n) is 20.1. The molecule has 0 radical (unpaired) electrons. The molecule has 2 aliphatic rings. The van der Waals surface area contributed by atoms with Gasteiger partial charge in [0.25, 0.3) is 0 Å². The van der Waals surface area contributed by atoms with E-state index in [-0.39, 0.29) is 30.0 Å². The number of carboxylic acids is 1. The normalized spacial score (nSPS) is 19.0. The van der Waals surface area contributed by atoms with Gasteiger partial charge in [0, 0.05) is 35.0 Å². The fourth-order valence-corrected chi connectivity index (χ4v) is 5.63. The number of aliphatic imine (C=N–C) groups is 1. The number of aryl methyl sites for hydroxylation is 2. The molecule has 38 heavy (non-hydrogen) atoms. The first kappa shape index (κ1) is 26.0. The van der Waals surface area contributed by atoms with E-state index in [0.717, 1.165) is 17.3 Å². The number of nitrogens with one attached hydrogen (secondary N) is 1. The van der Waals surface area contributed by atoms with E-state index in [1.165, 1.54) is 24.5 Å². The number of methoxy groups -OCH3 is 1. The first-order chi connectivity index (χ1) is 18.3. The Morgan fingerprint density at radius 2 is 2.16 bits per heavy atom. The van der Waals surface area contributed by atoms with Gasteiger partial charge in [-0.25, -0.2) is 18.6 Å². The molecule has 2 aromatic heterocycles. The van der Waals surface area contributed by atoms with Crippen LogP contribution in [0, 0.1) is 17.6 Å². The molecule has 3 aromatic rings. The number of hydrogen-bond donors (Lipinski definition) is 2. The summed E-state index contributed by atoms with van der Waals surface area (Å²) in [5.41, 5.74) is 2.61. The number of fused-ring (bicyclic) bond motifs is 1. The van der Waals surface area contributed by atoms with Crippen molar-refractivity contribution in [3.05, 3.63) is 79.7 Å². The minimum atomic E-state index is -1.23. The summed E-state index contributed by atoms with van der Waals surface area (Å²) in [6, 6.07) is 1.19. The topological polar surface area (TPSA) is 119 Å². The smallest absolute Gasteiger partial charge is 0.338 e. The molecule has 198 valence electrons. The van der Waals surface area contributed by atoms with E-state index in [1.807, 2.05) is 6.20 Å². The highest BCUT2D eigenvalue weighted by molar-refractivity contribution is 7.11. The summed E-state index contributed by atoms with van der Waals surface area (Å²) in [5, 5.41) is 18.6. The standard InChI is InChI=1S/C25H22ClF2N5O4S/c1-37-25(36)18-21(12-2-5-16-13(10-12)11-33(32-16)8-6-17(34)35)30-23(24-29-7-9-38-24)31-22(18)14-3-4-15(27)20(28)19(14)26/h3-4,7,9,11-12,22H,2,5-6,8,10H2,1H3,(H,30,31)(H,34,35). The molecular weight excluding hydrogens is 540 g/mol. The largest absolute Gasteiger partial charge is 0.481 e. The average molecular weight is 562 g/mol. The molecule has 1 aliphatic carbocycles. The Labute approximate surface area is 224 Å². The van der Waals surface area contributed by atoms with Crippen LogP contribution in [0.3, 0.4) is 0 Å². The van der Waals surface area contributed by atoms with Crippen LogP contribution in [-0.4, -0.2) is 44.8 Å². The van der Waals surface area contributed by atoms with Gasteiger partial charge in [0.1, 0.15) is 6.04 Å². The zero-order valence-corrected chi connectivity index (χ0v) is 21.7. The third-order valence-corrected chi connectivity index (χ3v) is 7.72. The lowest BCUT2D eigenvalue weighted by molar-refractivity contribution is -0.138. The molecule has 1 aromatic carbocycles. The lowest BCUT2D eigenvalue weighted by atomic mass is 9.81. The molecule has 3 heterocycles. The number of carbonyl (C=O) groups excluding carboxylic acids is 1. The van der Waals surface area contributed by atoms with Gasteiger partial charge in [-0.15, -0.1) is 11.3 Å². The van der Waals surface area contributed by atoms with Gasteiger partial charge in [0.05, 0.1) is 36.4 Å². The van der Waals surface area contributed by atoms with E-state index in [4.69, 9.17) is 21.4 Å². The maximum atomic E-state index is 14.5. The SMILES string of the molecule is COC(=O)C1=C(C2CCc3nn(CCC(=O)O)cc3C2)NC(c2nccs2)=NC1c1ccc(F)c(F)c1Cl. The quantitative estimate of drug-likeness (QED) is 0.330. The number of thiazole rings is 1. The molecule has 2 unspecified atom stereocenters. The van der Waals surface area contributed by atoms with Crippen molar-refractivity contribution in [2.45, 2.75) is 38.3 Å². The lowest BCUT2D eigenvalue weighted by Gasteiger charge is -2.32. The second-order valence-corrected chi connectivity index (χ2v) is 10.1. The number of esters is 1. The summed E-state index contributed by atoms with van der Waals surface area (Å²) >= 11 is 7.56. The van der Waals surface area contributed by atoms with Gasteiger partial charge in [-0.1, -0.05) is 17.7 Å². The number of amidine groups is 1. The van der Waals surface area contributed by atoms with E-state index < -0.39 is 34.6 Å². The summed E-state index contributed by atoms with van der Waals surface area (Å²) in [7, 11) is 1.24. The summed E-state index contributed by atoms with van der Waals surface area (Å²) < 4.78 is 35.1. The second-order valence-electron chi connectivity index (χ2n) is 8.87. The van der Waals surface area contributed by atoms with Gasteiger partial charge >= 0.3 is 11.9 Å². The molecule has 5 rings (SSSR count). The first-order valence-electron chi connectivity index (χ1n) is 11.7. The molecule has 2 atom stereocenters. The second kappa shape index (κ2) is 10.6. The van der Waals surface area contributed by atoms with E-state index in [0.29, 0.717) is 35.8 Å². The number of carbonyl (C=O) groups is 2. The Hall–Kier alpha value is -3.64. The van der Waals surface area contributed by atoms with Crippen LogP contribution >= 0.6 is 22.9 Å². The van der Waals surface area contributed by atoms with Crippen molar-refractivity contribution in [1.29, 1.82) is 0 Å². The van der Waals surface area contributed by atoms with E-state index in [9.17, 15) is 18.4 Å². The molecule has 0 bridgehead atoms. The van der Waals surface area contributed by atoms with Crippen LogP contribution < -0.4 is 5.32 Å². The van der Waals surface area contributed by atoms with Crippen LogP contribution in [0.4, 0.5) is 8.78 Å². The third-order valence-electron chi connectivity index (χ3n) is 6.56. The number of hydrogen-bond acceptors (Lipinski definition) is 8. The molecular formula is C25H22ClF2N5O4S. The Morgan fingerprint density at radius 1 is 1.34 bits per heavy atom. The highest BCUT2D eigenvalue weighted by atomic mass is 35.5. The number of aromatic nitrogens is 3. The Balaban J connectivity index is 1.59.